The van der Waals surface area contributed by atoms with Gasteiger partial charge in [0.15, 0.2) is 0 Å². The van der Waals surface area contributed by atoms with E-state index in [0.717, 1.165) is 34.1 Å². The topological polar surface area (TPSA) is 39.9 Å². The van der Waals surface area contributed by atoms with Crippen LogP contribution in [0.5, 0.6) is 11.5 Å². The van der Waals surface area contributed by atoms with Crippen molar-refractivity contribution in [2.45, 2.75) is 29.1 Å². The van der Waals surface area contributed by atoms with Crippen molar-refractivity contribution in [3.63, 3.8) is 0 Å². The Morgan fingerprint density at radius 2 is 1.45 bits per heavy atom. The highest BCUT2D eigenvalue weighted by atomic mass is 32.2. The average molecular weight is 562 g/mol. The molecule has 42 heavy (non-hydrogen) atoms. The zero-order chi connectivity index (χ0) is 28.3. The van der Waals surface area contributed by atoms with Crippen molar-refractivity contribution in [2.24, 2.45) is 0 Å². The summed E-state index contributed by atoms with van der Waals surface area (Å²) in [6.07, 6.45) is 3.67. The van der Waals surface area contributed by atoms with Crippen LogP contribution in [0.1, 0.15) is 25.0 Å². The van der Waals surface area contributed by atoms with Gasteiger partial charge in [0.1, 0.15) is 17.3 Å². The van der Waals surface area contributed by atoms with Gasteiger partial charge in [0.25, 0.3) is 0 Å². The lowest BCUT2D eigenvalue weighted by atomic mass is 9.77. The predicted octanol–water partition coefficient (Wildman–Crippen LogP) is 9.82. The third-order valence-electron chi connectivity index (χ3n) is 8.21. The summed E-state index contributed by atoms with van der Waals surface area (Å²) < 4.78 is 8.76. The van der Waals surface area contributed by atoms with Crippen LogP contribution in [0.15, 0.2) is 137 Å². The van der Waals surface area contributed by atoms with Gasteiger partial charge in [-0.1, -0.05) is 80.2 Å². The van der Waals surface area contributed by atoms with E-state index in [9.17, 15) is 0 Å². The van der Waals surface area contributed by atoms with Crippen molar-refractivity contribution in [1.29, 1.82) is 0 Å². The van der Waals surface area contributed by atoms with Crippen LogP contribution in [0, 0.1) is 0 Å². The fourth-order valence-corrected chi connectivity index (χ4v) is 7.68. The molecule has 5 heteroatoms. The molecule has 4 heterocycles. The minimum absolute atomic E-state index is 0.121. The standard InChI is InChI=1S/C37H27N3OS/c1-37(2)29-12-3-4-14-33(29)42-36-30(37)19-18-28-27-17-16-26(23-32(27)40(35(28)36)34-15-6-8-21-39-34)41-25-11-9-10-24(22-25)31-13-5-7-20-38-31/h3-23H,1-2H3. The molecule has 1 aliphatic heterocycles. The van der Waals surface area contributed by atoms with Crippen molar-refractivity contribution in [3.8, 4) is 28.6 Å². The van der Waals surface area contributed by atoms with Crippen molar-refractivity contribution in [3.05, 3.63) is 139 Å². The van der Waals surface area contributed by atoms with Gasteiger partial charge >= 0.3 is 0 Å². The summed E-state index contributed by atoms with van der Waals surface area (Å²) in [6, 6.07) is 39.8. The Morgan fingerprint density at radius 3 is 2.29 bits per heavy atom. The van der Waals surface area contributed by atoms with Gasteiger partial charge < -0.3 is 4.74 Å². The minimum atomic E-state index is -0.121. The molecule has 202 valence electrons. The molecule has 1 aliphatic rings. The number of hydrogen-bond acceptors (Lipinski definition) is 4. The van der Waals surface area contributed by atoms with Gasteiger partial charge in [0, 0.05) is 50.0 Å². The van der Waals surface area contributed by atoms with Gasteiger partial charge in [-0.15, -0.1) is 0 Å². The number of hydrogen-bond donors (Lipinski definition) is 0. The van der Waals surface area contributed by atoms with E-state index in [4.69, 9.17) is 9.72 Å². The summed E-state index contributed by atoms with van der Waals surface area (Å²) in [5, 5.41) is 2.38. The van der Waals surface area contributed by atoms with Crippen molar-refractivity contribution in [1.82, 2.24) is 14.5 Å². The first-order chi connectivity index (χ1) is 20.6. The Hall–Kier alpha value is -4.87. The molecule has 3 aromatic heterocycles. The van der Waals surface area contributed by atoms with Crippen LogP contribution in [0.25, 0.3) is 38.9 Å². The highest BCUT2D eigenvalue weighted by Gasteiger charge is 2.35. The lowest BCUT2D eigenvalue weighted by Gasteiger charge is -2.35. The van der Waals surface area contributed by atoms with Crippen LogP contribution < -0.4 is 4.74 Å². The molecule has 0 amide bonds. The molecular weight excluding hydrogens is 534 g/mol. The first-order valence-corrected chi connectivity index (χ1v) is 14.9. The van der Waals surface area contributed by atoms with Crippen LogP contribution >= 0.6 is 11.8 Å². The maximum Gasteiger partial charge on any atom is 0.137 e. The SMILES string of the molecule is CC1(C)c2ccccc2Sc2c1ccc1c3ccc(Oc4cccc(-c5ccccn5)c4)cc3n(-c3ccccn3)c21. The summed E-state index contributed by atoms with van der Waals surface area (Å²) in [6.45, 7) is 4.66. The molecule has 0 saturated heterocycles. The van der Waals surface area contributed by atoms with Gasteiger partial charge in [-0.3, -0.25) is 9.55 Å². The molecule has 7 aromatic rings. The summed E-state index contributed by atoms with van der Waals surface area (Å²) in [7, 11) is 0. The van der Waals surface area contributed by atoms with E-state index < -0.39 is 0 Å². The van der Waals surface area contributed by atoms with Gasteiger partial charge in [0.05, 0.1) is 16.7 Å². The summed E-state index contributed by atoms with van der Waals surface area (Å²) >= 11 is 1.86. The molecule has 4 nitrogen and oxygen atoms in total. The number of pyridine rings is 2. The van der Waals surface area contributed by atoms with Crippen LogP contribution in [0.4, 0.5) is 0 Å². The molecule has 0 saturated carbocycles. The fraction of sp³-hybridized carbons (Fsp3) is 0.0811. The van der Waals surface area contributed by atoms with E-state index in [0.29, 0.717) is 0 Å². The Bertz CT molecular complexity index is 2120. The molecule has 0 aliphatic carbocycles. The van der Waals surface area contributed by atoms with Crippen molar-refractivity contribution < 1.29 is 4.74 Å². The van der Waals surface area contributed by atoms with Crippen LogP contribution in [-0.2, 0) is 5.41 Å². The quantitative estimate of drug-likeness (QED) is 0.214. The van der Waals surface area contributed by atoms with E-state index in [-0.39, 0.29) is 5.41 Å². The van der Waals surface area contributed by atoms with Crippen molar-refractivity contribution in [2.75, 3.05) is 0 Å². The third kappa shape index (κ3) is 3.92. The van der Waals surface area contributed by atoms with Gasteiger partial charge in [-0.2, -0.15) is 0 Å². The zero-order valence-electron chi connectivity index (χ0n) is 23.3. The number of benzene rings is 4. The summed E-state index contributed by atoms with van der Waals surface area (Å²) in [4.78, 5) is 11.9. The lowest BCUT2D eigenvalue weighted by Crippen LogP contribution is -2.24. The molecular formula is C37H27N3OS. The van der Waals surface area contributed by atoms with Crippen LogP contribution in [0.2, 0.25) is 0 Å². The molecule has 0 fully saturated rings. The number of ether oxygens (including phenoxy) is 1. The average Bonchev–Trinajstić information content (AvgIpc) is 3.36. The third-order valence-corrected chi connectivity index (χ3v) is 9.40. The van der Waals surface area contributed by atoms with E-state index in [2.05, 4.69) is 90.1 Å². The Kier molecular flexibility index (Phi) is 5.69. The highest BCUT2D eigenvalue weighted by molar-refractivity contribution is 7.99. The molecule has 0 spiro atoms. The van der Waals surface area contributed by atoms with E-state index in [1.54, 1.807) is 0 Å². The zero-order valence-corrected chi connectivity index (χ0v) is 24.1. The Labute approximate surface area is 248 Å². The van der Waals surface area contributed by atoms with Crippen LogP contribution in [-0.4, -0.2) is 14.5 Å². The molecule has 0 bridgehead atoms. The fourth-order valence-electron chi connectivity index (χ4n) is 6.15. The second kappa shape index (κ2) is 9.61. The molecule has 0 N–H and O–H groups in total. The van der Waals surface area contributed by atoms with Crippen molar-refractivity contribution >= 4 is 33.6 Å². The second-order valence-corrected chi connectivity index (χ2v) is 12.2. The smallest absolute Gasteiger partial charge is 0.137 e. The highest BCUT2D eigenvalue weighted by Crippen LogP contribution is 2.52. The number of aromatic nitrogens is 3. The molecule has 4 aromatic carbocycles. The normalized spacial score (nSPS) is 13.6. The molecule has 0 radical (unpaired) electrons. The van der Waals surface area contributed by atoms with E-state index in [1.807, 2.05) is 72.7 Å². The maximum atomic E-state index is 6.46. The predicted molar refractivity (Wildman–Crippen MR) is 171 cm³/mol. The van der Waals surface area contributed by atoms with Gasteiger partial charge in [-0.25, -0.2) is 4.98 Å². The maximum absolute atomic E-state index is 6.46. The van der Waals surface area contributed by atoms with Gasteiger partial charge in [0.2, 0.25) is 0 Å². The first kappa shape index (κ1) is 24.9. The Balaban J connectivity index is 1.32. The summed E-state index contributed by atoms with van der Waals surface area (Å²) in [5.74, 6) is 2.43. The van der Waals surface area contributed by atoms with E-state index in [1.165, 1.54) is 37.2 Å². The Morgan fingerprint density at radius 1 is 0.667 bits per heavy atom. The molecule has 0 atom stereocenters. The molecule has 0 unspecified atom stereocenters. The molecule has 8 rings (SSSR count). The second-order valence-electron chi connectivity index (χ2n) is 11.1. The van der Waals surface area contributed by atoms with Gasteiger partial charge in [-0.05, 0) is 65.7 Å². The number of rotatable bonds is 4. The number of fused-ring (bicyclic) bond motifs is 6. The largest absolute Gasteiger partial charge is 0.457 e. The first-order valence-electron chi connectivity index (χ1n) is 14.1. The summed E-state index contributed by atoms with van der Waals surface area (Å²) in [5.41, 5.74) is 6.76. The van der Waals surface area contributed by atoms with E-state index >= 15 is 0 Å². The number of nitrogens with zero attached hydrogens (tertiary/aromatic N) is 3. The van der Waals surface area contributed by atoms with Crippen LogP contribution in [0.3, 0.4) is 0 Å². The lowest BCUT2D eigenvalue weighted by molar-refractivity contribution is 0.483. The monoisotopic (exact) mass is 561 g/mol. The minimum Gasteiger partial charge on any atom is -0.457 e.